The van der Waals surface area contributed by atoms with E-state index in [0.717, 1.165) is 11.4 Å². The number of aromatic nitrogens is 3. The number of amides is 1. The van der Waals surface area contributed by atoms with Crippen LogP contribution in [0.25, 0.3) is 5.65 Å². The Hall–Kier alpha value is -2.44. The van der Waals surface area contributed by atoms with Gasteiger partial charge >= 0.3 is 5.97 Å². The molecule has 2 aromatic heterocycles. The van der Waals surface area contributed by atoms with Crippen molar-refractivity contribution in [3.8, 4) is 0 Å². The summed E-state index contributed by atoms with van der Waals surface area (Å²) in [6.45, 7) is 5.08. The van der Waals surface area contributed by atoms with E-state index in [2.05, 4.69) is 15.4 Å². The van der Waals surface area contributed by atoms with Crippen LogP contribution in [-0.4, -0.2) is 37.6 Å². The summed E-state index contributed by atoms with van der Waals surface area (Å²) in [4.78, 5) is 27.0. The minimum absolute atomic E-state index is 0.264. The Labute approximate surface area is 109 Å². The van der Waals surface area contributed by atoms with Crippen LogP contribution in [0.4, 0.5) is 0 Å². The van der Waals surface area contributed by atoms with Crippen LogP contribution >= 0.6 is 0 Å². The van der Waals surface area contributed by atoms with Crippen LogP contribution < -0.4 is 5.32 Å². The molecule has 7 nitrogen and oxygen atoms in total. The van der Waals surface area contributed by atoms with E-state index in [1.54, 1.807) is 4.52 Å². The predicted octanol–water partition coefficient (Wildman–Crippen LogP) is 0.549. The second-order valence-electron chi connectivity index (χ2n) is 4.37. The number of nitrogens with one attached hydrogen (secondary N) is 1. The first-order chi connectivity index (χ1) is 8.90. The number of carbonyl (C=O) groups is 2. The lowest BCUT2D eigenvalue weighted by Gasteiger charge is -2.08. The molecule has 100 valence electrons. The van der Waals surface area contributed by atoms with Gasteiger partial charge in [0.1, 0.15) is 11.6 Å². The Morgan fingerprint density at radius 2 is 2.11 bits per heavy atom. The van der Waals surface area contributed by atoms with E-state index in [0.29, 0.717) is 5.65 Å². The highest BCUT2D eigenvalue weighted by Crippen LogP contribution is 2.11. The molecule has 2 rings (SSSR count). The molecule has 0 radical (unpaired) electrons. The van der Waals surface area contributed by atoms with Gasteiger partial charge in [0.25, 0.3) is 5.91 Å². The molecule has 1 atom stereocenters. The summed E-state index contributed by atoms with van der Waals surface area (Å²) < 4.78 is 1.55. The second kappa shape index (κ2) is 4.68. The molecule has 0 aliphatic carbocycles. The van der Waals surface area contributed by atoms with E-state index < -0.39 is 17.9 Å². The second-order valence-corrected chi connectivity index (χ2v) is 4.37. The number of rotatable bonds is 3. The number of carboxylic acid groups (broad SMARTS) is 1. The van der Waals surface area contributed by atoms with Crippen molar-refractivity contribution in [3.05, 3.63) is 29.2 Å². The fourth-order valence-corrected chi connectivity index (χ4v) is 1.77. The molecule has 2 N–H and O–H groups in total. The van der Waals surface area contributed by atoms with Crippen LogP contribution in [0.2, 0.25) is 0 Å². The van der Waals surface area contributed by atoms with E-state index in [9.17, 15) is 9.59 Å². The minimum atomic E-state index is -1.09. The Bertz CT molecular complexity index is 662. The van der Waals surface area contributed by atoms with Gasteiger partial charge in [-0.2, -0.15) is 5.10 Å². The summed E-state index contributed by atoms with van der Waals surface area (Å²) in [5.41, 5.74) is 2.31. The molecule has 0 fully saturated rings. The van der Waals surface area contributed by atoms with Crippen molar-refractivity contribution in [2.75, 3.05) is 0 Å². The highest BCUT2D eigenvalue weighted by molar-refractivity contribution is 6.01. The lowest BCUT2D eigenvalue weighted by Crippen LogP contribution is -2.38. The number of nitrogens with zero attached hydrogens (tertiary/aromatic N) is 3. The maximum Gasteiger partial charge on any atom is 0.325 e. The zero-order valence-electron chi connectivity index (χ0n) is 10.8. The van der Waals surface area contributed by atoms with E-state index in [1.807, 2.05) is 19.9 Å². The Balaban J connectivity index is 2.41. The minimum Gasteiger partial charge on any atom is -0.480 e. The van der Waals surface area contributed by atoms with Crippen LogP contribution in [0.5, 0.6) is 0 Å². The van der Waals surface area contributed by atoms with Gasteiger partial charge in [-0.3, -0.25) is 9.59 Å². The highest BCUT2D eigenvalue weighted by atomic mass is 16.4. The summed E-state index contributed by atoms with van der Waals surface area (Å²) in [5, 5.41) is 15.2. The number of carboxylic acids is 1. The number of hydrogen-bond acceptors (Lipinski definition) is 4. The molecular weight excluding hydrogens is 248 g/mol. The molecule has 0 saturated heterocycles. The summed E-state index contributed by atoms with van der Waals surface area (Å²) in [6, 6.07) is 0.884. The van der Waals surface area contributed by atoms with E-state index in [-0.39, 0.29) is 5.56 Å². The monoisotopic (exact) mass is 262 g/mol. The van der Waals surface area contributed by atoms with Gasteiger partial charge in [0, 0.05) is 11.4 Å². The van der Waals surface area contributed by atoms with Crippen molar-refractivity contribution in [2.24, 2.45) is 0 Å². The van der Waals surface area contributed by atoms with Crippen LogP contribution in [0, 0.1) is 13.8 Å². The fourth-order valence-electron chi connectivity index (χ4n) is 1.77. The van der Waals surface area contributed by atoms with Gasteiger partial charge in [0.15, 0.2) is 5.65 Å². The third kappa shape index (κ3) is 2.40. The molecule has 0 bridgehead atoms. The first-order valence-electron chi connectivity index (χ1n) is 5.76. The van der Waals surface area contributed by atoms with Crippen molar-refractivity contribution in [1.29, 1.82) is 0 Å². The Kier molecular flexibility index (Phi) is 3.20. The maximum absolute atomic E-state index is 12.0. The van der Waals surface area contributed by atoms with Gasteiger partial charge in [-0.15, -0.1) is 0 Å². The molecule has 0 spiro atoms. The Morgan fingerprint density at radius 3 is 2.74 bits per heavy atom. The van der Waals surface area contributed by atoms with Crippen LogP contribution in [0.15, 0.2) is 12.3 Å². The van der Waals surface area contributed by atoms with Gasteiger partial charge < -0.3 is 10.4 Å². The van der Waals surface area contributed by atoms with Crippen LogP contribution in [0.1, 0.15) is 28.7 Å². The largest absolute Gasteiger partial charge is 0.480 e. The van der Waals surface area contributed by atoms with Crippen molar-refractivity contribution in [3.63, 3.8) is 0 Å². The normalized spacial score (nSPS) is 12.4. The van der Waals surface area contributed by atoms with Crippen molar-refractivity contribution in [2.45, 2.75) is 26.8 Å². The number of aliphatic carboxylic acids is 1. The molecule has 2 aromatic rings. The molecular formula is C12H14N4O3. The topological polar surface area (TPSA) is 96.6 Å². The molecule has 19 heavy (non-hydrogen) atoms. The van der Waals surface area contributed by atoms with Crippen molar-refractivity contribution in [1.82, 2.24) is 19.9 Å². The van der Waals surface area contributed by atoms with Gasteiger partial charge in [-0.05, 0) is 26.8 Å². The summed E-state index contributed by atoms with van der Waals surface area (Å²) in [7, 11) is 0. The van der Waals surface area contributed by atoms with Gasteiger partial charge in [-0.25, -0.2) is 9.50 Å². The van der Waals surface area contributed by atoms with E-state index in [4.69, 9.17) is 5.11 Å². The van der Waals surface area contributed by atoms with Crippen LogP contribution in [-0.2, 0) is 4.79 Å². The Morgan fingerprint density at radius 1 is 1.42 bits per heavy atom. The number of carbonyl (C=O) groups excluding carboxylic acids is 1. The van der Waals surface area contributed by atoms with E-state index >= 15 is 0 Å². The highest BCUT2D eigenvalue weighted by Gasteiger charge is 2.19. The molecule has 7 heteroatoms. The standard InChI is InChI=1S/C12H14N4O3/c1-6-4-7(2)16-10(14-6)9(5-13-16)11(17)15-8(3)12(18)19/h4-5,8H,1-3H3,(H,15,17)(H,18,19)/t8-/m0/s1. The number of hydrogen-bond donors (Lipinski definition) is 2. The zero-order valence-corrected chi connectivity index (χ0v) is 10.8. The van der Waals surface area contributed by atoms with E-state index in [1.165, 1.54) is 13.1 Å². The molecule has 0 aliphatic rings. The smallest absolute Gasteiger partial charge is 0.325 e. The lowest BCUT2D eigenvalue weighted by molar-refractivity contribution is -0.138. The SMILES string of the molecule is Cc1cc(C)n2ncc(C(=O)N[C@@H](C)C(=O)O)c2n1. The fraction of sp³-hybridized carbons (Fsp3) is 0.333. The zero-order chi connectivity index (χ0) is 14.2. The van der Waals surface area contributed by atoms with Gasteiger partial charge in [0.05, 0.1) is 6.20 Å². The summed E-state index contributed by atoms with van der Waals surface area (Å²) in [5.74, 6) is -1.59. The van der Waals surface area contributed by atoms with Crippen molar-refractivity contribution >= 4 is 17.5 Å². The molecule has 1 amide bonds. The first kappa shape index (κ1) is 13.0. The molecule has 0 saturated carbocycles. The summed E-state index contributed by atoms with van der Waals surface area (Å²) in [6.07, 6.45) is 1.39. The lowest BCUT2D eigenvalue weighted by atomic mass is 10.2. The average Bonchev–Trinajstić information content (AvgIpc) is 2.72. The first-order valence-corrected chi connectivity index (χ1v) is 5.76. The molecule has 0 unspecified atom stereocenters. The van der Waals surface area contributed by atoms with Crippen molar-refractivity contribution < 1.29 is 14.7 Å². The molecule has 0 aliphatic heterocycles. The third-order valence-electron chi connectivity index (χ3n) is 2.74. The summed E-state index contributed by atoms with van der Waals surface area (Å²) >= 11 is 0. The molecule has 0 aromatic carbocycles. The average molecular weight is 262 g/mol. The van der Waals surface area contributed by atoms with Crippen LogP contribution in [0.3, 0.4) is 0 Å². The quantitative estimate of drug-likeness (QED) is 0.842. The van der Waals surface area contributed by atoms with Gasteiger partial charge in [0.2, 0.25) is 0 Å². The number of aryl methyl sites for hydroxylation is 2. The molecule has 2 heterocycles. The van der Waals surface area contributed by atoms with Gasteiger partial charge in [-0.1, -0.05) is 0 Å². The third-order valence-corrected chi connectivity index (χ3v) is 2.74. The maximum atomic E-state index is 12.0. The number of fused-ring (bicyclic) bond motifs is 1. The predicted molar refractivity (Wildman–Crippen MR) is 67.0 cm³/mol.